The van der Waals surface area contributed by atoms with Gasteiger partial charge in [-0.05, 0) is 25.8 Å². The van der Waals surface area contributed by atoms with E-state index >= 15 is 0 Å². The second kappa shape index (κ2) is 4.10. The number of nitrogens with zero attached hydrogens (tertiary/aromatic N) is 3. The fourth-order valence-corrected chi connectivity index (χ4v) is 3.28. The van der Waals surface area contributed by atoms with Crippen LogP contribution in [0.4, 0.5) is 0 Å². The van der Waals surface area contributed by atoms with Crippen molar-refractivity contribution in [3.63, 3.8) is 0 Å². The van der Waals surface area contributed by atoms with Crippen molar-refractivity contribution in [2.45, 2.75) is 38.3 Å². The van der Waals surface area contributed by atoms with E-state index in [0.717, 1.165) is 51.0 Å². The lowest BCUT2D eigenvalue weighted by molar-refractivity contribution is -0.0502. The van der Waals surface area contributed by atoms with Crippen molar-refractivity contribution in [1.82, 2.24) is 14.7 Å². The first kappa shape index (κ1) is 11.2. The predicted octanol–water partition coefficient (Wildman–Crippen LogP) is 1.21. The third-order valence-electron chi connectivity index (χ3n) is 4.34. The van der Waals surface area contributed by atoms with Crippen molar-refractivity contribution in [2.75, 3.05) is 19.6 Å². The summed E-state index contributed by atoms with van der Waals surface area (Å²) in [5, 5.41) is 15.3. The minimum Gasteiger partial charge on any atom is -0.385 e. The Labute approximate surface area is 102 Å². The van der Waals surface area contributed by atoms with E-state index in [0.29, 0.717) is 5.92 Å². The van der Waals surface area contributed by atoms with E-state index in [-0.39, 0.29) is 0 Å². The van der Waals surface area contributed by atoms with Gasteiger partial charge in [0.1, 0.15) is 0 Å². The van der Waals surface area contributed by atoms with Crippen LogP contribution in [0.1, 0.15) is 31.7 Å². The molecular formula is C13H21N3O. The van der Waals surface area contributed by atoms with Crippen molar-refractivity contribution >= 4 is 0 Å². The molecule has 4 nitrogen and oxygen atoms in total. The SMILES string of the molecule is CCCn1cc(C2(O)CCN3CCC2C3)cn1. The zero-order valence-corrected chi connectivity index (χ0v) is 10.5. The molecule has 2 saturated heterocycles. The van der Waals surface area contributed by atoms with Gasteiger partial charge in [0, 0.05) is 37.3 Å². The molecule has 0 saturated carbocycles. The van der Waals surface area contributed by atoms with Gasteiger partial charge < -0.3 is 10.0 Å². The molecule has 1 aromatic rings. The lowest BCUT2D eigenvalue weighted by Crippen LogP contribution is -2.43. The fourth-order valence-electron chi connectivity index (χ4n) is 3.28. The van der Waals surface area contributed by atoms with Crippen LogP contribution in [0.15, 0.2) is 12.4 Å². The molecule has 3 rings (SSSR count). The number of hydrogen-bond donors (Lipinski definition) is 1. The van der Waals surface area contributed by atoms with E-state index in [1.165, 1.54) is 0 Å². The fraction of sp³-hybridized carbons (Fsp3) is 0.769. The Morgan fingerprint density at radius 3 is 3.24 bits per heavy atom. The van der Waals surface area contributed by atoms with Gasteiger partial charge in [-0.2, -0.15) is 5.10 Å². The number of piperidine rings is 1. The normalized spacial score (nSPS) is 36.4. The Balaban J connectivity index is 1.85. The molecule has 2 bridgehead atoms. The highest BCUT2D eigenvalue weighted by Gasteiger charge is 2.46. The van der Waals surface area contributed by atoms with E-state index in [1.807, 2.05) is 17.1 Å². The number of aliphatic hydroxyl groups is 1. The topological polar surface area (TPSA) is 41.3 Å². The van der Waals surface area contributed by atoms with Gasteiger partial charge in [0.05, 0.1) is 11.8 Å². The first-order valence-corrected chi connectivity index (χ1v) is 6.70. The Morgan fingerprint density at radius 1 is 1.53 bits per heavy atom. The first-order valence-electron chi connectivity index (χ1n) is 6.70. The molecule has 2 aliphatic heterocycles. The molecule has 3 unspecified atom stereocenters. The Bertz CT molecular complexity index is 403. The third-order valence-corrected chi connectivity index (χ3v) is 4.34. The second-order valence-electron chi connectivity index (χ2n) is 5.45. The number of hydrogen-bond acceptors (Lipinski definition) is 3. The summed E-state index contributed by atoms with van der Waals surface area (Å²) in [5.41, 5.74) is 0.399. The van der Waals surface area contributed by atoms with Crippen molar-refractivity contribution < 1.29 is 5.11 Å². The van der Waals surface area contributed by atoms with Crippen molar-refractivity contribution in [1.29, 1.82) is 0 Å². The minimum absolute atomic E-state index is 0.399. The molecule has 1 N–H and O–H groups in total. The number of rotatable bonds is 3. The summed E-state index contributed by atoms with van der Waals surface area (Å²) in [4.78, 5) is 2.45. The molecule has 3 heterocycles. The quantitative estimate of drug-likeness (QED) is 0.856. The lowest BCUT2D eigenvalue weighted by Gasteiger charge is -2.38. The van der Waals surface area contributed by atoms with Gasteiger partial charge in [0.2, 0.25) is 0 Å². The predicted molar refractivity (Wildman–Crippen MR) is 65.6 cm³/mol. The lowest BCUT2D eigenvalue weighted by atomic mass is 9.78. The van der Waals surface area contributed by atoms with E-state index in [1.54, 1.807) is 0 Å². The second-order valence-corrected chi connectivity index (χ2v) is 5.45. The van der Waals surface area contributed by atoms with Crippen LogP contribution in [-0.2, 0) is 12.1 Å². The molecule has 1 aromatic heterocycles. The molecule has 0 aromatic carbocycles. The average molecular weight is 235 g/mol. The molecule has 4 heteroatoms. The Morgan fingerprint density at radius 2 is 2.41 bits per heavy atom. The molecule has 0 aliphatic carbocycles. The van der Waals surface area contributed by atoms with Crippen LogP contribution in [-0.4, -0.2) is 39.4 Å². The van der Waals surface area contributed by atoms with Gasteiger partial charge in [0.25, 0.3) is 0 Å². The summed E-state index contributed by atoms with van der Waals surface area (Å²) in [5.74, 6) is 0.399. The zero-order chi connectivity index (χ0) is 11.9. The van der Waals surface area contributed by atoms with Crippen LogP contribution in [0.2, 0.25) is 0 Å². The van der Waals surface area contributed by atoms with Crippen LogP contribution in [0.25, 0.3) is 0 Å². The van der Waals surface area contributed by atoms with E-state index in [2.05, 4.69) is 16.9 Å². The van der Waals surface area contributed by atoms with Gasteiger partial charge >= 0.3 is 0 Å². The standard InChI is InChI=1S/C13H21N3O/c1-2-5-16-10-12(8-14-16)13(17)4-7-15-6-3-11(13)9-15/h8,10-11,17H,2-7,9H2,1H3. The summed E-state index contributed by atoms with van der Waals surface area (Å²) in [7, 11) is 0. The molecule has 0 radical (unpaired) electrons. The largest absolute Gasteiger partial charge is 0.385 e. The highest BCUT2D eigenvalue weighted by Crippen LogP contribution is 2.42. The van der Waals surface area contributed by atoms with Gasteiger partial charge in [0.15, 0.2) is 0 Å². The maximum absolute atomic E-state index is 10.9. The van der Waals surface area contributed by atoms with Crippen LogP contribution in [0.5, 0.6) is 0 Å². The molecule has 94 valence electrons. The van der Waals surface area contributed by atoms with E-state index in [9.17, 15) is 5.11 Å². The van der Waals surface area contributed by atoms with Gasteiger partial charge in [-0.25, -0.2) is 0 Å². The summed E-state index contributed by atoms with van der Waals surface area (Å²) in [6.45, 7) is 6.30. The molecule has 2 fully saturated rings. The summed E-state index contributed by atoms with van der Waals surface area (Å²) < 4.78 is 1.95. The third kappa shape index (κ3) is 1.79. The highest BCUT2D eigenvalue weighted by atomic mass is 16.3. The zero-order valence-electron chi connectivity index (χ0n) is 10.5. The Hall–Kier alpha value is -0.870. The van der Waals surface area contributed by atoms with E-state index in [4.69, 9.17) is 0 Å². The monoisotopic (exact) mass is 235 g/mol. The van der Waals surface area contributed by atoms with Crippen LogP contribution >= 0.6 is 0 Å². The molecular weight excluding hydrogens is 214 g/mol. The summed E-state index contributed by atoms with van der Waals surface area (Å²) in [6.07, 6.45) is 6.96. The number of aromatic nitrogens is 2. The highest BCUT2D eigenvalue weighted by molar-refractivity contribution is 5.19. The van der Waals surface area contributed by atoms with Crippen molar-refractivity contribution in [3.8, 4) is 0 Å². The molecule has 0 spiro atoms. The van der Waals surface area contributed by atoms with Crippen molar-refractivity contribution in [2.24, 2.45) is 5.92 Å². The number of fused-ring (bicyclic) bond motifs is 2. The van der Waals surface area contributed by atoms with Gasteiger partial charge in [-0.1, -0.05) is 6.92 Å². The summed E-state index contributed by atoms with van der Waals surface area (Å²) in [6, 6.07) is 0. The number of aryl methyl sites for hydroxylation is 1. The maximum atomic E-state index is 10.9. The molecule has 2 aliphatic rings. The molecule has 17 heavy (non-hydrogen) atoms. The first-order chi connectivity index (χ1) is 8.22. The van der Waals surface area contributed by atoms with Gasteiger partial charge in [-0.3, -0.25) is 4.68 Å². The average Bonchev–Trinajstić information content (AvgIpc) is 2.93. The minimum atomic E-state index is -0.626. The van der Waals surface area contributed by atoms with Crippen LogP contribution in [0.3, 0.4) is 0 Å². The molecule has 3 atom stereocenters. The maximum Gasteiger partial charge on any atom is 0.0979 e. The van der Waals surface area contributed by atoms with Crippen LogP contribution < -0.4 is 0 Å². The van der Waals surface area contributed by atoms with Crippen molar-refractivity contribution in [3.05, 3.63) is 18.0 Å². The smallest absolute Gasteiger partial charge is 0.0979 e. The molecule has 0 amide bonds. The van der Waals surface area contributed by atoms with E-state index < -0.39 is 5.60 Å². The summed E-state index contributed by atoms with van der Waals surface area (Å²) >= 11 is 0. The van der Waals surface area contributed by atoms with Crippen LogP contribution in [0, 0.1) is 5.92 Å². The Kier molecular flexibility index (Phi) is 2.71. The van der Waals surface area contributed by atoms with Gasteiger partial charge in [-0.15, -0.1) is 0 Å².